The van der Waals surface area contributed by atoms with Gasteiger partial charge in [0.15, 0.2) is 11.5 Å². The van der Waals surface area contributed by atoms with E-state index in [4.69, 9.17) is 5.11 Å². The largest absolute Gasteiger partial charge is 0.477 e. The van der Waals surface area contributed by atoms with E-state index in [1.807, 2.05) is 0 Å². The second-order valence-corrected chi connectivity index (χ2v) is 3.84. The lowest BCUT2D eigenvalue weighted by molar-refractivity contribution is 0.0700. The fourth-order valence-electron chi connectivity index (χ4n) is 1.61. The Morgan fingerprint density at radius 2 is 2.38 bits per heavy atom. The molecule has 0 spiro atoms. The van der Waals surface area contributed by atoms with Crippen molar-refractivity contribution in [2.45, 2.75) is 18.9 Å². The van der Waals surface area contributed by atoms with Gasteiger partial charge in [-0.2, -0.15) is 0 Å². The lowest BCUT2D eigenvalue weighted by Crippen LogP contribution is -2.06. The van der Waals surface area contributed by atoms with Crippen LogP contribution in [0.5, 0.6) is 0 Å². The van der Waals surface area contributed by atoms with E-state index in [2.05, 4.69) is 15.4 Å². The van der Waals surface area contributed by atoms with Crippen LogP contribution in [0.1, 0.15) is 23.2 Å². The topological polar surface area (TPSA) is 79.5 Å². The summed E-state index contributed by atoms with van der Waals surface area (Å²) in [6.07, 6.45) is 5.39. The van der Waals surface area contributed by atoms with Crippen LogP contribution in [0.3, 0.4) is 0 Å². The van der Waals surface area contributed by atoms with Crippen molar-refractivity contribution < 1.29 is 9.90 Å². The minimum atomic E-state index is -1.00. The van der Waals surface area contributed by atoms with E-state index in [1.165, 1.54) is 4.52 Å². The number of hydrogen-bond donors (Lipinski definition) is 2. The Labute approximate surface area is 90.9 Å². The van der Waals surface area contributed by atoms with E-state index in [-0.39, 0.29) is 5.56 Å². The SMILES string of the molecule is O=C(O)c1c(NC2CC2)nn2cccnc12. The van der Waals surface area contributed by atoms with Crippen molar-refractivity contribution >= 4 is 17.4 Å². The average Bonchev–Trinajstić information content (AvgIpc) is 2.97. The third-order valence-electron chi connectivity index (χ3n) is 2.53. The molecule has 1 aliphatic carbocycles. The number of nitrogens with one attached hydrogen (secondary N) is 1. The van der Waals surface area contributed by atoms with Gasteiger partial charge >= 0.3 is 5.97 Å². The molecule has 0 saturated heterocycles. The van der Waals surface area contributed by atoms with Gasteiger partial charge in [0.05, 0.1) is 0 Å². The zero-order valence-electron chi connectivity index (χ0n) is 8.42. The van der Waals surface area contributed by atoms with Gasteiger partial charge in [0.1, 0.15) is 5.56 Å². The summed E-state index contributed by atoms with van der Waals surface area (Å²) in [5.41, 5.74) is 0.519. The number of hydrogen-bond acceptors (Lipinski definition) is 4. The average molecular weight is 218 g/mol. The summed E-state index contributed by atoms with van der Waals surface area (Å²) in [6, 6.07) is 2.08. The number of carbonyl (C=O) groups is 1. The first kappa shape index (κ1) is 9.14. The summed E-state index contributed by atoms with van der Waals surface area (Å²) in [5, 5.41) is 16.4. The first-order chi connectivity index (χ1) is 7.75. The minimum absolute atomic E-state index is 0.146. The molecule has 1 saturated carbocycles. The van der Waals surface area contributed by atoms with Crippen molar-refractivity contribution in [1.82, 2.24) is 14.6 Å². The molecule has 16 heavy (non-hydrogen) atoms. The zero-order valence-corrected chi connectivity index (χ0v) is 8.42. The molecule has 0 atom stereocenters. The number of fused-ring (bicyclic) bond motifs is 1. The molecule has 0 amide bonds. The number of carboxylic acids is 1. The predicted octanol–water partition coefficient (Wildman–Crippen LogP) is 1.00. The maximum Gasteiger partial charge on any atom is 0.343 e. The molecule has 0 aliphatic heterocycles. The highest BCUT2D eigenvalue weighted by atomic mass is 16.4. The molecule has 2 aromatic heterocycles. The Morgan fingerprint density at radius 3 is 3.06 bits per heavy atom. The normalized spacial score (nSPS) is 15.2. The zero-order chi connectivity index (χ0) is 11.1. The first-order valence-corrected chi connectivity index (χ1v) is 5.09. The molecule has 1 aliphatic rings. The lowest BCUT2D eigenvalue weighted by atomic mass is 10.3. The Morgan fingerprint density at radius 1 is 1.56 bits per heavy atom. The predicted molar refractivity (Wildman–Crippen MR) is 56.6 cm³/mol. The molecule has 6 nitrogen and oxygen atoms in total. The molecule has 0 unspecified atom stereocenters. The van der Waals surface area contributed by atoms with Crippen LogP contribution in [0.25, 0.3) is 5.65 Å². The van der Waals surface area contributed by atoms with Crippen LogP contribution in [0, 0.1) is 0 Å². The third kappa shape index (κ3) is 1.39. The van der Waals surface area contributed by atoms with Gasteiger partial charge in [0, 0.05) is 18.4 Å². The first-order valence-electron chi connectivity index (χ1n) is 5.09. The van der Waals surface area contributed by atoms with E-state index in [0.717, 1.165) is 12.8 Å². The van der Waals surface area contributed by atoms with Crippen molar-refractivity contribution in [2.24, 2.45) is 0 Å². The fourth-order valence-corrected chi connectivity index (χ4v) is 1.61. The van der Waals surface area contributed by atoms with Gasteiger partial charge in [-0.1, -0.05) is 0 Å². The number of aromatic carboxylic acids is 1. The molecule has 1 fully saturated rings. The van der Waals surface area contributed by atoms with Crippen LogP contribution >= 0.6 is 0 Å². The second-order valence-electron chi connectivity index (χ2n) is 3.84. The van der Waals surface area contributed by atoms with Crippen LogP contribution < -0.4 is 5.32 Å². The number of aromatic nitrogens is 3. The Hall–Kier alpha value is -2.11. The van der Waals surface area contributed by atoms with Crippen LogP contribution in [0.2, 0.25) is 0 Å². The standard InChI is InChI=1S/C10H10N4O2/c15-10(16)7-8(12-6-2-3-6)13-14-5-1-4-11-9(7)14/h1,4-6H,2-3H2,(H,12,13)(H,15,16). The molecule has 3 rings (SSSR count). The van der Waals surface area contributed by atoms with Crippen molar-refractivity contribution in [3.05, 3.63) is 24.0 Å². The smallest absolute Gasteiger partial charge is 0.343 e. The molecule has 0 radical (unpaired) electrons. The highest BCUT2D eigenvalue weighted by molar-refractivity contribution is 5.99. The van der Waals surface area contributed by atoms with Gasteiger partial charge in [0.25, 0.3) is 0 Å². The van der Waals surface area contributed by atoms with Gasteiger partial charge in [-0.05, 0) is 18.9 Å². The third-order valence-corrected chi connectivity index (χ3v) is 2.53. The summed E-state index contributed by atoms with van der Waals surface area (Å²) < 4.78 is 1.48. The Kier molecular flexibility index (Phi) is 1.82. The molecule has 2 aromatic rings. The van der Waals surface area contributed by atoms with Crippen LogP contribution in [-0.2, 0) is 0 Å². The van der Waals surface area contributed by atoms with Crippen LogP contribution in [-0.4, -0.2) is 31.7 Å². The molecule has 2 N–H and O–H groups in total. The monoisotopic (exact) mass is 218 g/mol. The highest BCUT2D eigenvalue weighted by Crippen LogP contribution is 2.27. The summed E-state index contributed by atoms with van der Waals surface area (Å²) in [4.78, 5) is 15.2. The maximum absolute atomic E-state index is 11.2. The van der Waals surface area contributed by atoms with E-state index >= 15 is 0 Å². The van der Waals surface area contributed by atoms with Gasteiger partial charge in [0.2, 0.25) is 0 Å². The van der Waals surface area contributed by atoms with Crippen molar-refractivity contribution in [2.75, 3.05) is 5.32 Å². The van der Waals surface area contributed by atoms with E-state index in [1.54, 1.807) is 18.5 Å². The van der Waals surface area contributed by atoms with Gasteiger partial charge in [-0.3, -0.25) is 0 Å². The number of carboxylic acid groups (broad SMARTS) is 1. The number of anilines is 1. The van der Waals surface area contributed by atoms with Crippen molar-refractivity contribution in [3.8, 4) is 0 Å². The molecular weight excluding hydrogens is 208 g/mol. The number of rotatable bonds is 3. The van der Waals surface area contributed by atoms with Crippen molar-refractivity contribution in [1.29, 1.82) is 0 Å². The summed E-state index contributed by atoms with van der Waals surface area (Å²) in [6.45, 7) is 0. The summed E-state index contributed by atoms with van der Waals surface area (Å²) in [5.74, 6) is -0.592. The van der Waals surface area contributed by atoms with Crippen molar-refractivity contribution in [3.63, 3.8) is 0 Å². The van der Waals surface area contributed by atoms with E-state index in [0.29, 0.717) is 17.5 Å². The van der Waals surface area contributed by atoms with Gasteiger partial charge in [-0.25, -0.2) is 14.3 Å². The van der Waals surface area contributed by atoms with E-state index in [9.17, 15) is 4.79 Å². The minimum Gasteiger partial charge on any atom is -0.477 e. The second kappa shape index (κ2) is 3.19. The lowest BCUT2D eigenvalue weighted by Gasteiger charge is -1.99. The molecular formula is C10H10N4O2. The summed E-state index contributed by atoms with van der Waals surface area (Å²) in [7, 11) is 0. The summed E-state index contributed by atoms with van der Waals surface area (Å²) >= 11 is 0. The van der Waals surface area contributed by atoms with Gasteiger partial charge in [-0.15, -0.1) is 5.10 Å². The molecule has 2 heterocycles. The highest BCUT2D eigenvalue weighted by Gasteiger charge is 2.27. The Balaban J connectivity index is 2.17. The molecule has 6 heteroatoms. The molecule has 0 aromatic carbocycles. The molecule has 0 bridgehead atoms. The number of nitrogens with zero attached hydrogens (tertiary/aromatic N) is 3. The maximum atomic E-state index is 11.2. The van der Waals surface area contributed by atoms with E-state index < -0.39 is 5.97 Å². The Bertz CT molecular complexity index is 559. The quantitative estimate of drug-likeness (QED) is 0.803. The van der Waals surface area contributed by atoms with Crippen LogP contribution in [0.4, 0.5) is 5.82 Å². The molecule has 82 valence electrons. The van der Waals surface area contributed by atoms with Crippen LogP contribution in [0.15, 0.2) is 18.5 Å². The van der Waals surface area contributed by atoms with Gasteiger partial charge < -0.3 is 10.4 Å². The fraction of sp³-hybridized carbons (Fsp3) is 0.300.